The summed E-state index contributed by atoms with van der Waals surface area (Å²) in [6.45, 7) is 0. The molecule has 0 radical (unpaired) electrons. The molecule has 2 aromatic heterocycles. The molecule has 0 N–H and O–H groups in total. The molecule has 106 valence electrons. The lowest BCUT2D eigenvalue weighted by molar-refractivity contribution is 0.100. The highest BCUT2D eigenvalue weighted by Crippen LogP contribution is 2.28. The first kappa shape index (κ1) is 12.9. The number of halogens is 1. The molecular weight excluding hydrogens is 302 g/mol. The fourth-order valence-electron chi connectivity index (χ4n) is 2.54. The van der Waals surface area contributed by atoms with E-state index in [0.29, 0.717) is 22.5 Å². The molecule has 6 heteroatoms. The molecule has 0 fully saturated rings. The van der Waals surface area contributed by atoms with Gasteiger partial charge in [-0.15, -0.1) is 0 Å². The summed E-state index contributed by atoms with van der Waals surface area (Å²) in [5.41, 5.74) is 2.08. The van der Waals surface area contributed by atoms with Gasteiger partial charge in [0.15, 0.2) is 17.2 Å². The van der Waals surface area contributed by atoms with Crippen LogP contribution in [0.4, 0.5) is 0 Å². The number of carbonyl (C=O) groups excluding carboxylic acids is 2. The largest absolute Gasteiger partial charge is 0.289 e. The zero-order valence-corrected chi connectivity index (χ0v) is 11.9. The minimum Gasteiger partial charge on any atom is -0.289 e. The molecule has 2 heterocycles. The van der Waals surface area contributed by atoms with E-state index in [4.69, 9.17) is 11.6 Å². The molecule has 0 aliphatic heterocycles. The number of hydrogen-bond acceptors (Lipinski definition) is 4. The van der Waals surface area contributed by atoms with Crippen LogP contribution in [0.25, 0.3) is 11.2 Å². The summed E-state index contributed by atoms with van der Waals surface area (Å²) in [6, 6.07) is 10.1. The fourth-order valence-corrected chi connectivity index (χ4v) is 2.68. The number of nitrogens with zero attached hydrogens (tertiary/aromatic N) is 3. The van der Waals surface area contributed by atoms with E-state index in [-0.39, 0.29) is 22.3 Å². The van der Waals surface area contributed by atoms with Gasteiger partial charge in [0.2, 0.25) is 0 Å². The third kappa shape index (κ3) is 1.79. The summed E-state index contributed by atoms with van der Waals surface area (Å²) in [5, 5.41) is 4.42. The predicted molar refractivity (Wildman–Crippen MR) is 81.1 cm³/mol. The molecule has 5 nitrogen and oxygen atoms in total. The lowest BCUT2D eigenvalue weighted by atomic mass is 9.88. The van der Waals surface area contributed by atoms with Crippen LogP contribution in [0.2, 0.25) is 5.15 Å². The summed E-state index contributed by atoms with van der Waals surface area (Å²) in [7, 11) is 0. The van der Waals surface area contributed by atoms with Crippen LogP contribution < -0.4 is 0 Å². The number of hydrogen-bond donors (Lipinski definition) is 0. The van der Waals surface area contributed by atoms with Gasteiger partial charge in [-0.1, -0.05) is 35.9 Å². The van der Waals surface area contributed by atoms with Crippen LogP contribution in [0.5, 0.6) is 0 Å². The maximum absolute atomic E-state index is 12.7. The van der Waals surface area contributed by atoms with Crippen molar-refractivity contribution in [3.05, 3.63) is 70.6 Å². The van der Waals surface area contributed by atoms with Crippen molar-refractivity contribution in [2.75, 3.05) is 0 Å². The molecule has 0 atom stereocenters. The van der Waals surface area contributed by atoms with Gasteiger partial charge in [-0.2, -0.15) is 5.10 Å². The molecule has 0 amide bonds. The Morgan fingerprint density at radius 3 is 2.59 bits per heavy atom. The van der Waals surface area contributed by atoms with Crippen LogP contribution in [0.3, 0.4) is 0 Å². The summed E-state index contributed by atoms with van der Waals surface area (Å²) in [4.78, 5) is 29.1. The second-order valence-electron chi connectivity index (χ2n) is 4.87. The van der Waals surface area contributed by atoms with Crippen molar-refractivity contribution in [2.45, 2.75) is 0 Å². The minimum absolute atomic E-state index is 0.206. The van der Waals surface area contributed by atoms with E-state index in [2.05, 4.69) is 10.1 Å². The van der Waals surface area contributed by atoms with E-state index in [1.165, 1.54) is 16.8 Å². The predicted octanol–water partition coefficient (Wildman–Crippen LogP) is 2.85. The lowest BCUT2D eigenvalue weighted by Crippen LogP contribution is -2.17. The number of ketones is 2. The zero-order valence-electron chi connectivity index (χ0n) is 11.2. The summed E-state index contributed by atoms with van der Waals surface area (Å²) in [5.74, 6) is -0.430. The van der Waals surface area contributed by atoms with E-state index in [1.54, 1.807) is 36.4 Å². The van der Waals surface area contributed by atoms with Crippen molar-refractivity contribution < 1.29 is 9.59 Å². The first-order chi connectivity index (χ1) is 10.6. The molecule has 3 aromatic rings. The Balaban J connectivity index is 1.94. The molecular formula is C16H8ClN3O2. The molecule has 0 saturated heterocycles. The summed E-state index contributed by atoms with van der Waals surface area (Å²) < 4.78 is 1.47. The Morgan fingerprint density at radius 1 is 1.00 bits per heavy atom. The number of imidazole rings is 1. The second kappa shape index (κ2) is 4.61. The molecule has 1 aromatic carbocycles. The third-order valence-electron chi connectivity index (χ3n) is 3.56. The minimum atomic E-state index is -0.223. The highest BCUT2D eigenvalue weighted by molar-refractivity contribution is 6.38. The van der Waals surface area contributed by atoms with Crippen LogP contribution in [0, 0.1) is 0 Å². The number of benzene rings is 1. The quantitative estimate of drug-likeness (QED) is 0.693. The molecule has 0 saturated carbocycles. The van der Waals surface area contributed by atoms with E-state index >= 15 is 0 Å². The summed E-state index contributed by atoms with van der Waals surface area (Å²) in [6.07, 6.45) is 2.85. The van der Waals surface area contributed by atoms with Crippen molar-refractivity contribution in [3.63, 3.8) is 0 Å². The smallest absolute Gasteiger partial charge is 0.196 e. The van der Waals surface area contributed by atoms with Crippen molar-refractivity contribution in [1.82, 2.24) is 14.6 Å². The molecule has 0 unspecified atom stereocenters. The van der Waals surface area contributed by atoms with Crippen LogP contribution in [0.15, 0.2) is 48.7 Å². The molecule has 1 aliphatic rings. The van der Waals surface area contributed by atoms with Gasteiger partial charge < -0.3 is 0 Å². The SMILES string of the molecule is O=C1C=C(c2cnc3ccc(Cl)nn23)C(=O)c2ccccc21. The number of fused-ring (bicyclic) bond motifs is 2. The van der Waals surface area contributed by atoms with E-state index in [9.17, 15) is 9.59 Å². The Hall–Kier alpha value is -2.79. The highest BCUT2D eigenvalue weighted by Gasteiger charge is 2.28. The van der Waals surface area contributed by atoms with Gasteiger partial charge in [0.05, 0.1) is 17.5 Å². The lowest BCUT2D eigenvalue weighted by Gasteiger charge is -2.14. The first-order valence-electron chi connectivity index (χ1n) is 6.55. The molecule has 0 bridgehead atoms. The van der Waals surface area contributed by atoms with E-state index in [0.717, 1.165) is 0 Å². The van der Waals surface area contributed by atoms with Crippen molar-refractivity contribution in [3.8, 4) is 0 Å². The topological polar surface area (TPSA) is 64.3 Å². The summed E-state index contributed by atoms with van der Waals surface area (Å²) >= 11 is 5.90. The van der Waals surface area contributed by atoms with Crippen LogP contribution in [-0.4, -0.2) is 26.2 Å². The highest BCUT2D eigenvalue weighted by atomic mass is 35.5. The van der Waals surface area contributed by atoms with Gasteiger partial charge in [-0.05, 0) is 18.2 Å². The standard InChI is InChI=1S/C16H8ClN3O2/c17-14-5-6-15-18-8-12(20(15)19-14)11-7-13(21)9-3-1-2-4-10(9)16(11)22/h1-8H. The van der Waals surface area contributed by atoms with Crippen LogP contribution in [-0.2, 0) is 0 Å². The van der Waals surface area contributed by atoms with Gasteiger partial charge >= 0.3 is 0 Å². The second-order valence-corrected chi connectivity index (χ2v) is 5.25. The van der Waals surface area contributed by atoms with E-state index in [1.807, 2.05) is 0 Å². The van der Waals surface area contributed by atoms with E-state index < -0.39 is 0 Å². The molecule has 0 spiro atoms. The third-order valence-corrected chi connectivity index (χ3v) is 3.76. The van der Waals surface area contributed by atoms with Gasteiger partial charge in [-0.25, -0.2) is 9.50 Å². The van der Waals surface area contributed by atoms with Gasteiger partial charge in [-0.3, -0.25) is 9.59 Å². The fraction of sp³-hybridized carbons (Fsp3) is 0. The number of carbonyl (C=O) groups is 2. The average molecular weight is 310 g/mol. The zero-order chi connectivity index (χ0) is 15.3. The number of rotatable bonds is 1. The Kier molecular flexibility index (Phi) is 2.71. The Morgan fingerprint density at radius 2 is 1.77 bits per heavy atom. The number of aromatic nitrogens is 3. The first-order valence-corrected chi connectivity index (χ1v) is 6.93. The molecule has 4 rings (SSSR count). The Bertz CT molecular complexity index is 988. The van der Waals surface area contributed by atoms with Crippen molar-refractivity contribution >= 4 is 34.4 Å². The molecule has 1 aliphatic carbocycles. The monoisotopic (exact) mass is 309 g/mol. The van der Waals surface area contributed by atoms with Gasteiger partial charge in [0.25, 0.3) is 0 Å². The number of Topliss-reactive ketones (excluding diaryl/α,β-unsaturated/α-hetero) is 1. The number of allylic oxidation sites excluding steroid dienone is 2. The normalized spacial score (nSPS) is 14.1. The van der Waals surface area contributed by atoms with Gasteiger partial charge in [0, 0.05) is 11.1 Å². The maximum atomic E-state index is 12.7. The maximum Gasteiger partial charge on any atom is 0.196 e. The van der Waals surface area contributed by atoms with Gasteiger partial charge in [0.1, 0.15) is 5.15 Å². The van der Waals surface area contributed by atoms with Crippen molar-refractivity contribution in [1.29, 1.82) is 0 Å². The average Bonchev–Trinajstić information content (AvgIpc) is 2.94. The van der Waals surface area contributed by atoms with Crippen LogP contribution >= 0.6 is 11.6 Å². The molecule has 22 heavy (non-hydrogen) atoms. The van der Waals surface area contributed by atoms with Crippen LogP contribution in [0.1, 0.15) is 26.4 Å². The Labute approximate surface area is 129 Å². The van der Waals surface area contributed by atoms with Crippen molar-refractivity contribution in [2.24, 2.45) is 0 Å².